The molecule has 4 aromatic rings. The molecule has 0 radical (unpaired) electrons. The number of fused-ring (bicyclic) bond motifs is 3. The van der Waals surface area contributed by atoms with Crippen LogP contribution in [-0.4, -0.2) is 58.1 Å². The van der Waals surface area contributed by atoms with Gasteiger partial charge in [-0.05, 0) is 33.7 Å². The third-order valence-electron chi connectivity index (χ3n) is 6.07. The van der Waals surface area contributed by atoms with Gasteiger partial charge in [0.15, 0.2) is 0 Å². The monoisotopic (exact) mass is 432 g/mol. The number of ether oxygens (including phenoxy) is 2. The largest absolute Gasteiger partial charge is 0.507 e. The van der Waals surface area contributed by atoms with Gasteiger partial charge in [0, 0.05) is 11.1 Å². The summed E-state index contributed by atoms with van der Waals surface area (Å²) in [4.78, 5) is 0. The number of aromatic hydroxyl groups is 2. The molecule has 0 aliphatic carbocycles. The van der Waals surface area contributed by atoms with E-state index in [0.29, 0.717) is 11.1 Å². The Kier molecular flexibility index (Phi) is 5.45. The van der Waals surface area contributed by atoms with E-state index >= 15 is 0 Å². The average Bonchev–Trinajstić information content (AvgIpc) is 3.37. The number of hydrogen-bond acceptors (Lipinski definition) is 6. The number of aliphatic hydroxyl groups excluding tert-OH is 2. The first-order chi connectivity index (χ1) is 15.5. The molecule has 2 unspecified atom stereocenters. The molecule has 4 atom stereocenters. The molecule has 0 bridgehead atoms. The molecule has 0 saturated carbocycles. The summed E-state index contributed by atoms with van der Waals surface area (Å²) in [6.07, 6.45) is -1.70. The molecular weight excluding hydrogens is 408 g/mol. The van der Waals surface area contributed by atoms with Gasteiger partial charge in [-0.25, -0.2) is 0 Å². The Morgan fingerprint density at radius 1 is 0.562 bits per heavy atom. The van der Waals surface area contributed by atoms with E-state index in [1.165, 1.54) is 0 Å². The van der Waals surface area contributed by atoms with Gasteiger partial charge in [0.2, 0.25) is 0 Å². The highest BCUT2D eigenvalue weighted by Gasteiger charge is 2.46. The number of aliphatic hydroxyl groups is 2. The first-order valence-electron chi connectivity index (χ1n) is 10.6. The Morgan fingerprint density at radius 3 is 1.41 bits per heavy atom. The predicted molar refractivity (Wildman–Crippen MR) is 122 cm³/mol. The fourth-order valence-electron chi connectivity index (χ4n) is 4.50. The normalized spacial score (nSPS) is 24.3. The van der Waals surface area contributed by atoms with E-state index in [1.807, 2.05) is 60.7 Å². The van der Waals surface area contributed by atoms with Gasteiger partial charge in [-0.1, -0.05) is 60.7 Å². The molecule has 2 saturated heterocycles. The molecule has 6 nitrogen and oxygen atoms in total. The number of hydrogen-bond donors (Lipinski definition) is 4. The number of benzene rings is 4. The highest BCUT2D eigenvalue weighted by Crippen LogP contribution is 2.44. The van der Waals surface area contributed by atoms with Crippen molar-refractivity contribution in [3.63, 3.8) is 0 Å². The summed E-state index contributed by atoms with van der Waals surface area (Å²) in [6.45, 7) is 0.568. The van der Waals surface area contributed by atoms with Crippen LogP contribution in [0.5, 0.6) is 11.5 Å². The molecule has 2 heterocycles. The Morgan fingerprint density at radius 2 is 0.969 bits per heavy atom. The Hall–Kier alpha value is -3.16. The molecule has 0 aromatic heterocycles. The lowest BCUT2D eigenvalue weighted by Crippen LogP contribution is -2.30. The minimum Gasteiger partial charge on any atom is -0.507 e. The van der Waals surface area contributed by atoms with Gasteiger partial charge >= 0.3 is 0 Å². The molecule has 6 rings (SSSR count). The van der Waals surface area contributed by atoms with Crippen LogP contribution in [0.1, 0.15) is 0 Å². The van der Waals surface area contributed by atoms with Crippen LogP contribution < -0.4 is 0 Å². The number of phenolic OH excluding ortho intramolecular Hbond substituents is 2. The minimum absolute atomic E-state index is 0.172. The Labute approximate surface area is 184 Å². The van der Waals surface area contributed by atoms with Gasteiger partial charge in [0.25, 0.3) is 0 Å². The van der Waals surface area contributed by atoms with Gasteiger partial charge in [0.05, 0.1) is 13.2 Å². The van der Waals surface area contributed by atoms with E-state index in [4.69, 9.17) is 19.7 Å². The standard InChI is InChI=1S/C20H14O2.C6H10O4/c21-17-11-9-13-5-1-3-7-15(13)19(17)20-16-8-4-2-6-14(16)10-12-18(20)22;7-3-1-9-6-4(8)2-10-5(3)6/h1-12,21-22H;3-8H,1-2H2/t;3-,4-,5?,6?/m.1/s1. The third-order valence-corrected chi connectivity index (χ3v) is 6.07. The van der Waals surface area contributed by atoms with E-state index in [0.717, 1.165) is 21.5 Å². The van der Waals surface area contributed by atoms with Crippen LogP contribution in [0.25, 0.3) is 32.7 Å². The molecule has 164 valence electrons. The van der Waals surface area contributed by atoms with Gasteiger partial charge in [0.1, 0.15) is 35.9 Å². The van der Waals surface area contributed by atoms with Crippen molar-refractivity contribution in [3.8, 4) is 22.6 Å². The van der Waals surface area contributed by atoms with Crippen molar-refractivity contribution in [2.45, 2.75) is 24.4 Å². The molecule has 2 aliphatic rings. The van der Waals surface area contributed by atoms with Crippen LogP contribution in [-0.2, 0) is 9.47 Å². The summed E-state index contributed by atoms with van der Waals surface area (Å²) in [6, 6.07) is 22.9. The molecule has 32 heavy (non-hydrogen) atoms. The minimum atomic E-state index is -0.554. The molecular formula is C26H24O6. The molecule has 4 N–H and O–H groups in total. The fourth-order valence-corrected chi connectivity index (χ4v) is 4.50. The second-order valence-corrected chi connectivity index (χ2v) is 8.09. The topological polar surface area (TPSA) is 99.4 Å². The van der Waals surface area contributed by atoms with Gasteiger partial charge < -0.3 is 29.9 Å². The molecule has 6 heteroatoms. The maximum absolute atomic E-state index is 10.4. The zero-order chi connectivity index (χ0) is 22.2. The van der Waals surface area contributed by atoms with Crippen molar-refractivity contribution in [3.05, 3.63) is 72.8 Å². The zero-order valence-corrected chi connectivity index (χ0v) is 17.3. The highest BCUT2D eigenvalue weighted by atomic mass is 16.6. The summed E-state index contributed by atoms with van der Waals surface area (Å²) >= 11 is 0. The maximum atomic E-state index is 10.4. The second-order valence-electron chi connectivity index (χ2n) is 8.09. The van der Waals surface area contributed by atoms with E-state index < -0.39 is 12.2 Å². The lowest BCUT2D eigenvalue weighted by molar-refractivity contribution is 0.00205. The molecule has 4 aromatic carbocycles. The van der Waals surface area contributed by atoms with Crippen molar-refractivity contribution in [2.75, 3.05) is 13.2 Å². The lowest BCUT2D eigenvalue weighted by atomic mass is 9.92. The summed E-state index contributed by atoms with van der Waals surface area (Å²) in [5, 5.41) is 43.1. The maximum Gasteiger partial charge on any atom is 0.124 e. The molecule has 0 spiro atoms. The summed E-state index contributed by atoms with van der Waals surface area (Å²) < 4.78 is 10.2. The van der Waals surface area contributed by atoms with Gasteiger partial charge in [-0.15, -0.1) is 0 Å². The van der Waals surface area contributed by atoms with Crippen molar-refractivity contribution in [2.24, 2.45) is 0 Å². The van der Waals surface area contributed by atoms with E-state index in [1.54, 1.807) is 12.1 Å². The van der Waals surface area contributed by atoms with Crippen LogP contribution in [0.3, 0.4) is 0 Å². The van der Waals surface area contributed by atoms with Crippen LogP contribution in [0.4, 0.5) is 0 Å². The predicted octanol–water partition coefficient (Wildman–Crippen LogP) is 3.58. The summed E-state index contributed by atoms with van der Waals surface area (Å²) in [7, 11) is 0. The number of rotatable bonds is 1. The number of phenols is 2. The van der Waals surface area contributed by atoms with Crippen molar-refractivity contribution in [1.29, 1.82) is 0 Å². The Balaban J connectivity index is 0.000000180. The van der Waals surface area contributed by atoms with Gasteiger partial charge in [-0.2, -0.15) is 0 Å². The quantitative estimate of drug-likeness (QED) is 0.367. The highest BCUT2D eigenvalue weighted by molar-refractivity contribution is 6.09. The zero-order valence-electron chi connectivity index (χ0n) is 17.3. The summed E-state index contributed by atoms with van der Waals surface area (Å²) in [5.74, 6) is 0.343. The van der Waals surface area contributed by atoms with E-state index in [9.17, 15) is 10.2 Å². The van der Waals surface area contributed by atoms with Crippen LogP contribution in [0.15, 0.2) is 72.8 Å². The van der Waals surface area contributed by atoms with Crippen molar-refractivity contribution < 1.29 is 29.9 Å². The van der Waals surface area contributed by atoms with Crippen LogP contribution in [0.2, 0.25) is 0 Å². The first-order valence-corrected chi connectivity index (χ1v) is 10.6. The van der Waals surface area contributed by atoms with E-state index in [-0.39, 0.29) is 36.9 Å². The first kappa shape index (κ1) is 20.7. The lowest BCUT2D eigenvalue weighted by Gasteiger charge is -2.14. The van der Waals surface area contributed by atoms with Crippen molar-refractivity contribution in [1.82, 2.24) is 0 Å². The SMILES string of the molecule is O[C@@H]1COC2C1OC[C@H]2O.Oc1ccc2ccccc2c1-c1c(O)ccc2ccccc12. The molecule has 0 amide bonds. The molecule has 2 fully saturated rings. The van der Waals surface area contributed by atoms with Gasteiger partial charge in [-0.3, -0.25) is 0 Å². The molecule has 2 aliphatic heterocycles. The van der Waals surface area contributed by atoms with Crippen LogP contribution in [0, 0.1) is 0 Å². The summed E-state index contributed by atoms with van der Waals surface area (Å²) in [5.41, 5.74) is 1.35. The smallest absolute Gasteiger partial charge is 0.124 e. The second kappa shape index (κ2) is 8.41. The Bertz CT molecular complexity index is 1170. The fraction of sp³-hybridized carbons (Fsp3) is 0.231. The third kappa shape index (κ3) is 3.57. The average molecular weight is 432 g/mol. The van der Waals surface area contributed by atoms with E-state index in [2.05, 4.69) is 0 Å². The van der Waals surface area contributed by atoms with Crippen molar-refractivity contribution >= 4 is 21.5 Å². The van der Waals surface area contributed by atoms with Crippen LogP contribution >= 0.6 is 0 Å².